The summed E-state index contributed by atoms with van der Waals surface area (Å²) in [6.45, 7) is 0.382. The minimum Gasteiger partial charge on any atom is -0.493 e. The summed E-state index contributed by atoms with van der Waals surface area (Å²) in [6.07, 6.45) is 11.6. The topological polar surface area (TPSA) is 94.9 Å². The zero-order chi connectivity index (χ0) is 28.8. The van der Waals surface area contributed by atoms with Crippen molar-refractivity contribution in [3.05, 3.63) is 47.8 Å². The van der Waals surface area contributed by atoms with Crippen LogP contribution in [0.3, 0.4) is 0 Å². The van der Waals surface area contributed by atoms with Crippen LogP contribution >= 0.6 is 0 Å². The van der Waals surface area contributed by atoms with E-state index in [4.69, 9.17) is 19.2 Å². The van der Waals surface area contributed by atoms with Gasteiger partial charge in [0.05, 0.1) is 38.9 Å². The lowest BCUT2D eigenvalue weighted by atomic mass is 9.88. The Kier molecular flexibility index (Phi) is 9.31. The van der Waals surface area contributed by atoms with Crippen molar-refractivity contribution in [2.45, 2.75) is 89.4 Å². The molecule has 2 fully saturated rings. The first-order valence-corrected chi connectivity index (χ1v) is 14.9. The van der Waals surface area contributed by atoms with Crippen LogP contribution in [0.1, 0.15) is 80.4 Å². The molecule has 0 aliphatic heterocycles. The molecule has 2 aliphatic rings. The van der Waals surface area contributed by atoms with Gasteiger partial charge in [-0.15, -0.1) is 0 Å². The fraction of sp³-hybridized carbons (Fsp3) is 0.531. The molecule has 0 bridgehead atoms. The summed E-state index contributed by atoms with van der Waals surface area (Å²) in [5, 5.41) is 2.99. The predicted octanol–water partition coefficient (Wildman–Crippen LogP) is 5.49. The number of nitrogens with one attached hydrogen (secondary N) is 1. The zero-order valence-corrected chi connectivity index (χ0v) is 24.5. The third-order valence-electron chi connectivity index (χ3n) is 8.59. The van der Waals surface area contributed by atoms with Crippen molar-refractivity contribution in [3.8, 4) is 17.2 Å². The molecule has 2 aliphatic carbocycles. The highest BCUT2D eigenvalue weighted by Gasteiger charge is 2.33. The maximum atomic E-state index is 14.1. The van der Waals surface area contributed by atoms with Crippen molar-refractivity contribution < 1.29 is 23.8 Å². The molecular formula is C32H42N4O5. The van der Waals surface area contributed by atoms with Gasteiger partial charge >= 0.3 is 0 Å². The van der Waals surface area contributed by atoms with E-state index in [0.717, 1.165) is 36.7 Å². The first kappa shape index (κ1) is 28.8. The molecule has 1 heterocycles. The molecule has 0 atom stereocenters. The Bertz CT molecular complexity index is 1310. The van der Waals surface area contributed by atoms with Gasteiger partial charge in [-0.3, -0.25) is 9.59 Å². The SMILES string of the molecule is COc1cc(C(=O)NCc2nc3ccccc3n2CC(=O)N(C2CCCCC2)C2CCCCC2)cc(OC)c1OC. The highest BCUT2D eigenvalue weighted by Crippen LogP contribution is 2.38. The molecular weight excluding hydrogens is 520 g/mol. The van der Waals surface area contributed by atoms with E-state index in [1.807, 2.05) is 28.8 Å². The number of hydrogen-bond acceptors (Lipinski definition) is 6. The van der Waals surface area contributed by atoms with Gasteiger partial charge in [0.15, 0.2) is 11.5 Å². The molecule has 2 amide bonds. The summed E-state index contributed by atoms with van der Waals surface area (Å²) in [4.78, 5) is 34.4. The Balaban J connectivity index is 1.39. The van der Waals surface area contributed by atoms with E-state index in [-0.39, 0.29) is 24.9 Å². The largest absolute Gasteiger partial charge is 0.493 e. The smallest absolute Gasteiger partial charge is 0.251 e. The Labute approximate surface area is 242 Å². The third-order valence-corrected chi connectivity index (χ3v) is 8.59. The van der Waals surface area contributed by atoms with E-state index in [0.29, 0.717) is 40.7 Å². The molecule has 220 valence electrons. The molecule has 2 aromatic carbocycles. The van der Waals surface area contributed by atoms with Crippen molar-refractivity contribution >= 4 is 22.8 Å². The Morgan fingerprint density at radius 3 is 2.02 bits per heavy atom. The number of methoxy groups -OCH3 is 3. The predicted molar refractivity (Wildman–Crippen MR) is 158 cm³/mol. The molecule has 9 nitrogen and oxygen atoms in total. The highest BCUT2D eigenvalue weighted by molar-refractivity contribution is 5.95. The number of aromatic nitrogens is 2. The Morgan fingerprint density at radius 1 is 0.878 bits per heavy atom. The summed E-state index contributed by atoms with van der Waals surface area (Å²) < 4.78 is 18.2. The molecule has 9 heteroatoms. The van der Waals surface area contributed by atoms with Crippen LogP contribution in [0.25, 0.3) is 11.0 Å². The van der Waals surface area contributed by atoms with Crippen molar-refractivity contribution in [3.63, 3.8) is 0 Å². The van der Waals surface area contributed by atoms with Gasteiger partial charge in [-0.05, 0) is 49.9 Å². The molecule has 0 unspecified atom stereocenters. The second-order valence-corrected chi connectivity index (χ2v) is 11.1. The van der Waals surface area contributed by atoms with Crippen molar-refractivity contribution in [1.82, 2.24) is 19.8 Å². The number of carbonyl (C=O) groups excluding carboxylic acids is 2. The first-order chi connectivity index (χ1) is 20.0. The van der Waals surface area contributed by atoms with Crippen molar-refractivity contribution in [1.29, 1.82) is 0 Å². The lowest BCUT2D eigenvalue weighted by molar-refractivity contribution is -0.138. The quantitative estimate of drug-likeness (QED) is 0.351. The average molecular weight is 563 g/mol. The Hall–Kier alpha value is -3.75. The summed E-state index contributed by atoms with van der Waals surface area (Å²) in [7, 11) is 4.56. The minimum absolute atomic E-state index is 0.157. The summed E-state index contributed by atoms with van der Waals surface area (Å²) in [6, 6.07) is 11.7. The number of rotatable bonds is 10. The lowest BCUT2D eigenvalue weighted by Gasteiger charge is -2.42. The zero-order valence-electron chi connectivity index (χ0n) is 24.5. The number of hydrogen-bond donors (Lipinski definition) is 1. The van der Waals surface area contributed by atoms with E-state index in [2.05, 4.69) is 10.2 Å². The van der Waals surface area contributed by atoms with E-state index in [9.17, 15) is 9.59 Å². The third kappa shape index (κ3) is 6.29. The van der Waals surface area contributed by atoms with Gasteiger partial charge < -0.3 is 29.0 Å². The summed E-state index contributed by atoms with van der Waals surface area (Å²) >= 11 is 0. The van der Waals surface area contributed by atoms with Crippen LogP contribution in [0.4, 0.5) is 0 Å². The van der Waals surface area contributed by atoms with Gasteiger partial charge in [0.1, 0.15) is 12.4 Å². The molecule has 41 heavy (non-hydrogen) atoms. The normalized spacial score (nSPS) is 16.4. The lowest BCUT2D eigenvalue weighted by Crippen LogP contribution is -2.50. The molecule has 1 aromatic heterocycles. The van der Waals surface area contributed by atoms with Gasteiger partial charge in [0, 0.05) is 17.6 Å². The molecule has 3 aromatic rings. The van der Waals surface area contributed by atoms with Crippen LogP contribution in [0.5, 0.6) is 17.2 Å². The molecule has 0 saturated heterocycles. The molecule has 1 N–H and O–H groups in total. The number of para-hydroxylation sites is 2. The van der Waals surface area contributed by atoms with Crippen LogP contribution in [0.15, 0.2) is 36.4 Å². The number of amides is 2. The second kappa shape index (κ2) is 13.3. The number of nitrogens with zero attached hydrogens (tertiary/aromatic N) is 3. The number of ether oxygens (including phenoxy) is 3. The van der Waals surface area contributed by atoms with Crippen LogP contribution < -0.4 is 19.5 Å². The van der Waals surface area contributed by atoms with Gasteiger partial charge in [0.25, 0.3) is 5.91 Å². The van der Waals surface area contributed by atoms with E-state index in [1.165, 1.54) is 59.9 Å². The monoisotopic (exact) mass is 562 g/mol. The molecule has 2 saturated carbocycles. The summed E-state index contributed by atoms with van der Waals surface area (Å²) in [5.41, 5.74) is 2.07. The van der Waals surface area contributed by atoms with E-state index in [1.54, 1.807) is 12.1 Å². The minimum atomic E-state index is -0.305. The van der Waals surface area contributed by atoms with Gasteiger partial charge in [-0.2, -0.15) is 0 Å². The van der Waals surface area contributed by atoms with Crippen molar-refractivity contribution in [2.24, 2.45) is 0 Å². The van der Waals surface area contributed by atoms with E-state index >= 15 is 0 Å². The highest BCUT2D eigenvalue weighted by atomic mass is 16.5. The fourth-order valence-electron chi connectivity index (χ4n) is 6.55. The first-order valence-electron chi connectivity index (χ1n) is 14.9. The number of benzene rings is 2. The molecule has 0 spiro atoms. The standard InChI is InChI=1S/C32H42N4O5/c1-39-27-18-22(19-28(40-2)31(27)41-3)32(38)33-20-29-34-25-16-10-11-17-26(25)35(29)21-30(37)36(23-12-6-4-7-13-23)24-14-8-5-9-15-24/h10-11,16-19,23-24H,4-9,12-15,20-21H2,1-3H3,(H,33,38). The molecule has 0 radical (unpaired) electrons. The van der Waals surface area contributed by atoms with Crippen LogP contribution in [-0.4, -0.2) is 59.7 Å². The van der Waals surface area contributed by atoms with Crippen LogP contribution in [0.2, 0.25) is 0 Å². The van der Waals surface area contributed by atoms with Crippen LogP contribution in [0, 0.1) is 0 Å². The fourth-order valence-corrected chi connectivity index (χ4v) is 6.55. The second-order valence-electron chi connectivity index (χ2n) is 11.1. The average Bonchev–Trinajstić information content (AvgIpc) is 3.37. The number of fused-ring (bicyclic) bond motifs is 1. The van der Waals surface area contributed by atoms with Gasteiger partial charge in [-0.1, -0.05) is 50.7 Å². The maximum Gasteiger partial charge on any atom is 0.251 e. The van der Waals surface area contributed by atoms with Crippen LogP contribution in [-0.2, 0) is 17.9 Å². The molecule has 5 rings (SSSR count). The Morgan fingerprint density at radius 2 is 1.46 bits per heavy atom. The van der Waals surface area contributed by atoms with Crippen molar-refractivity contribution in [2.75, 3.05) is 21.3 Å². The number of imidazole rings is 1. The van der Waals surface area contributed by atoms with Gasteiger partial charge in [0.2, 0.25) is 11.7 Å². The summed E-state index contributed by atoms with van der Waals surface area (Å²) in [5.74, 6) is 1.73. The maximum absolute atomic E-state index is 14.1. The van der Waals surface area contributed by atoms with Gasteiger partial charge in [-0.25, -0.2) is 4.98 Å². The number of carbonyl (C=O) groups is 2. The van der Waals surface area contributed by atoms with E-state index < -0.39 is 0 Å².